The van der Waals surface area contributed by atoms with Gasteiger partial charge in [0.2, 0.25) is 0 Å². The molecule has 0 saturated heterocycles. The minimum Gasteiger partial charge on any atom is -0.500 e. The van der Waals surface area contributed by atoms with E-state index < -0.39 is 5.60 Å². The molecule has 2 rings (SSSR count). The van der Waals surface area contributed by atoms with Crippen LogP contribution in [0.2, 0.25) is 0 Å². The van der Waals surface area contributed by atoms with Gasteiger partial charge in [-0.25, -0.2) is 4.79 Å². The van der Waals surface area contributed by atoms with E-state index in [1.807, 2.05) is 20.8 Å². The van der Waals surface area contributed by atoms with Crippen molar-refractivity contribution in [1.82, 2.24) is 0 Å². The highest BCUT2D eigenvalue weighted by atomic mass is 16.6. The van der Waals surface area contributed by atoms with Crippen LogP contribution < -0.4 is 4.74 Å². The van der Waals surface area contributed by atoms with E-state index in [0.29, 0.717) is 17.9 Å². The molecule has 1 unspecified atom stereocenters. The molecule has 0 amide bonds. The van der Waals surface area contributed by atoms with Gasteiger partial charge in [0.05, 0.1) is 30.9 Å². The summed E-state index contributed by atoms with van der Waals surface area (Å²) < 4.78 is 16.3. The summed E-state index contributed by atoms with van der Waals surface area (Å²) in [5.74, 6) is 1.34. The van der Waals surface area contributed by atoms with E-state index in [4.69, 9.17) is 14.2 Å². The van der Waals surface area contributed by atoms with Crippen LogP contribution in [0.5, 0.6) is 5.75 Å². The molecule has 0 bridgehead atoms. The van der Waals surface area contributed by atoms with Gasteiger partial charge in [0.1, 0.15) is 17.1 Å². The number of benzene rings is 1. The molecule has 0 saturated carbocycles. The third-order valence-electron chi connectivity index (χ3n) is 4.02. The van der Waals surface area contributed by atoms with Crippen LogP contribution in [0, 0.1) is 17.2 Å². The summed E-state index contributed by atoms with van der Waals surface area (Å²) >= 11 is 0. The average Bonchev–Trinajstić information content (AvgIpc) is 2.96. The number of hydrogen-bond donors (Lipinski definition) is 0. The largest absolute Gasteiger partial charge is 0.500 e. The van der Waals surface area contributed by atoms with E-state index in [0.717, 1.165) is 30.6 Å². The third kappa shape index (κ3) is 5.25. The summed E-state index contributed by atoms with van der Waals surface area (Å²) in [7, 11) is 1.61. The van der Waals surface area contributed by atoms with Crippen LogP contribution in [-0.4, -0.2) is 25.3 Å². The standard InChI is InChI=1S/C20H25NO4/c1-20(2,3)25-19(22)15-5-8-16(9-6-15)24-12-11-14-7-10-18(23-4)17(14)13-21/h5-6,8-9,14H,7,10-12H2,1-4H3. The van der Waals surface area contributed by atoms with Gasteiger partial charge in [0.15, 0.2) is 0 Å². The Morgan fingerprint density at radius 2 is 1.96 bits per heavy atom. The highest BCUT2D eigenvalue weighted by Gasteiger charge is 2.26. The molecule has 0 heterocycles. The Hall–Kier alpha value is -2.48. The molecular weight excluding hydrogens is 318 g/mol. The van der Waals surface area contributed by atoms with Gasteiger partial charge in [0.25, 0.3) is 0 Å². The number of nitriles is 1. The van der Waals surface area contributed by atoms with Crippen molar-refractivity contribution in [3.63, 3.8) is 0 Å². The number of ether oxygens (including phenoxy) is 3. The Morgan fingerprint density at radius 3 is 2.52 bits per heavy atom. The molecule has 25 heavy (non-hydrogen) atoms. The summed E-state index contributed by atoms with van der Waals surface area (Å²) in [4.78, 5) is 12.0. The van der Waals surface area contributed by atoms with Crippen molar-refractivity contribution < 1.29 is 19.0 Å². The highest BCUT2D eigenvalue weighted by Crippen LogP contribution is 2.34. The van der Waals surface area contributed by atoms with Gasteiger partial charge in [-0.1, -0.05) is 0 Å². The van der Waals surface area contributed by atoms with Crippen molar-refractivity contribution in [2.24, 2.45) is 5.92 Å². The zero-order valence-electron chi connectivity index (χ0n) is 15.3. The number of esters is 1. The number of nitrogens with zero attached hydrogens (tertiary/aromatic N) is 1. The molecule has 1 atom stereocenters. The van der Waals surface area contributed by atoms with Gasteiger partial charge in [-0.2, -0.15) is 5.26 Å². The Bertz CT molecular complexity index is 677. The minimum absolute atomic E-state index is 0.195. The van der Waals surface area contributed by atoms with Gasteiger partial charge in [-0.15, -0.1) is 0 Å². The van der Waals surface area contributed by atoms with Crippen molar-refractivity contribution in [2.75, 3.05) is 13.7 Å². The minimum atomic E-state index is -0.513. The fourth-order valence-electron chi connectivity index (χ4n) is 2.81. The van der Waals surface area contributed by atoms with Gasteiger partial charge in [0, 0.05) is 12.3 Å². The molecule has 1 aromatic carbocycles. The molecule has 0 N–H and O–H groups in total. The smallest absolute Gasteiger partial charge is 0.338 e. The lowest BCUT2D eigenvalue weighted by molar-refractivity contribution is 0.00695. The summed E-state index contributed by atoms with van der Waals surface area (Å²) in [6.45, 7) is 6.03. The van der Waals surface area contributed by atoms with Gasteiger partial charge in [-0.3, -0.25) is 0 Å². The van der Waals surface area contributed by atoms with Crippen molar-refractivity contribution in [1.29, 1.82) is 5.26 Å². The number of methoxy groups -OCH3 is 1. The van der Waals surface area contributed by atoms with Crippen molar-refractivity contribution >= 4 is 5.97 Å². The zero-order chi connectivity index (χ0) is 18.4. The first-order valence-electron chi connectivity index (χ1n) is 8.47. The van der Waals surface area contributed by atoms with Gasteiger partial charge in [-0.05, 0) is 57.9 Å². The molecule has 0 aliphatic heterocycles. The molecule has 1 aromatic rings. The van der Waals surface area contributed by atoms with E-state index in [2.05, 4.69) is 6.07 Å². The number of hydrogen-bond acceptors (Lipinski definition) is 5. The SMILES string of the molecule is COC1=C(C#N)C(CCOc2ccc(C(=O)OC(C)(C)C)cc2)CC1. The van der Waals surface area contributed by atoms with E-state index >= 15 is 0 Å². The van der Waals surface area contributed by atoms with Crippen molar-refractivity contribution in [2.45, 2.75) is 45.6 Å². The maximum Gasteiger partial charge on any atom is 0.338 e. The number of rotatable bonds is 6. The quantitative estimate of drug-likeness (QED) is 0.723. The summed E-state index contributed by atoms with van der Waals surface area (Å²) in [5.41, 5.74) is 0.726. The van der Waals surface area contributed by atoms with E-state index in [9.17, 15) is 10.1 Å². The maximum absolute atomic E-state index is 12.0. The lowest BCUT2D eigenvalue weighted by atomic mass is 9.99. The van der Waals surface area contributed by atoms with Crippen molar-refractivity contribution in [3.8, 4) is 11.8 Å². The Morgan fingerprint density at radius 1 is 1.28 bits per heavy atom. The number of carbonyl (C=O) groups is 1. The first kappa shape index (κ1) is 18.9. The van der Waals surface area contributed by atoms with Crippen LogP contribution in [0.3, 0.4) is 0 Å². The normalized spacial score (nSPS) is 17.2. The molecule has 5 nitrogen and oxygen atoms in total. The van der Waals surface area contributed by atoms with Crippen molar-refractivity contribution in [3.05, 3.63) is 41.2 Å². The fraction of sp³-hybridized carbons (Fsp3) is 0.500. The predicted octanol–water partition coefficient (Wildman–Crippen LogP) is 4.24. The predicted molar refractivity (Wildman–Crippen MR) is 94.1 cm³/mol. The lowest BCUT2D eigenvalue weighted by Gasteiger charge is -2.19. The highest BCUT2D eigenvalue weighted by molar-refractivity contribution is 5.89. The molecule has 1 aliphatic rings. The second-order valence-electron chi connectivity index (χ2n) is 7.05. The fourth-order valence-corrected chi connectivity index (χ4v) is 2.81. The number of allylic oxidation sites excluding steroid dienone is 2. The monoisotopic (exact) mass is 343 g/mol. The van der Waals surface area contributed by atoms with Crippen LogP contribution in [0.1, 0.15) is 50.4 Å². The molecular formula is C20H25NO4. The van der Waals surface area contributed by atoms with Crippen LogP contribution in [0.15, 0.2) is 35.6 Å². The first-order valence-corrected chi connectivity index (χ1v) is 8.47. The van der Waals surface area contributed by atoms with Crippen LogP contribution >= 0.6 is 0 Å². The van der Waals surface area contributed by atoms with E-state index in [1.54, 1.807) is 31.4 Å². The summed E-state index contributed by atoms with van der Waals surface area (Å²) in [6, 6.07) is 9.16. The van der Waals surface area contributed by atoms with E-state index in [1.165, 1.54) is 0 Å². The third-order valence-corrected chi connectivity index (χ3v) is 4.02. The maximum atomic E-state index is 12.0. The topological polar surface area (TPSA) is 68.5 Å². The summed E-state index contributed by atoms with van der Waals surface area (Å²) in [5, 5.41) is 9.24. The molecule has 0 radical (unpaired) electrons. The second kappa shape index (κ2) is 8.06. The van der Waals surface area contributed by atoms with Gasteiger partial charge < -0.3 is 14.2 Å². The Kier molecular flexibility index (Phi) is 6.08. The molecule has 1 aliphatic carbocycles. The second-order valence-corrected chi connectivity index (χ2v) is 7.05. The molecule has 5 heteroatoms. The number of carbonyl (C=O) groups excluding carboxylic acids is 1. The van der Waals surface area contributed by atoms with Crippen LogP contribution in [-0.2, 0) is 9.47 Å². The van der Waals surface area contributed by atoms with Gasteiger partial charge >= 0.3 is 5.97 Å². The lowest BCUT2D eigenvalue weighted by Crippen LogP contribution is -2.23. The molecule has 0 fully saturated rings. The average molecular weight is 343 g/mol. The molecule has 0 spiro atoms. The summed E-state index contributed by atoms with van der Waals surface area (Å²) in [6.07, 6.45) is 2.51. The Balaban J connectivity index is 1.86. The Labute approximate surface area is 149 Å². The first-order chi connectivity index (χ1) is 11.8. The van der Waals surface area contributed by atoms with Crippen LogP contribution in [0.4, 0.5) is 0 Å². The van der Waals surface area contributed by atoms with Crippen LogP contribution in [0.25, 0.3) is 0 Å². The molecule has 134 valence electrons. The zero-order valence-corrected chi connectivity index (χ0v) is 15.3. The molecule has 0 aromatic heterocycles. The van der Waals surface area contributed by atoms with E-state index in [-0.39, 0.29) is 11.9 Å².